The summed E-state index contributed by atoms with van der Waals surface area (Å²) in [6.07, 6.45) is 5.05. The molecule has 0 aromatic heterocycles. The van der Waals surface area contributed by atoms with E-state index in [9.17, 15) is 4.79 Å². The van der Waals surface area contributed by atoms with Crippen molar-refractivity contribution in [1.29, 1.82) is 0 Å². The molecule has 152 valence electrons. The van der Waals surface area contributed by atoms with Crippen LogP contribution in [-0.4, -0.2) is 32.7 Å². The molecule has 29 heavy (non-hydrogen) atoms. The fraction of sp³-hybridized carbons (Fsp3) is 0.400. The lowest BCUT2D eigenvalue weighted by Gasteiger charge is -2.18. The second-order valence-electron chi connectivity index (χ2n) is 7.30. The Morgan fingerprint density at radius 1 is 1.07 bits per heavy atom. The summed E-state index contributed by atoms with van der Waals surface area (Å²) in [6, 6.07) is 15.6. The van der Waals surface area contributed by atoms with Gasteiger partial charge in [0, 0.05) is 19.1 Å². The number of Topliss-reactive ketones (excluding diaryl/α,β-unsaturated/α-hetero) is 1. The van der Waals surface area contributed by atoms with E-state index in [1.807, 2.05) is 48.5 Å². The predicted octanol–water partition coefficient (Wildman–Crippen LogP) is 4.76. The Morgan fingerprint density at radius 2 is 1.83 bits per heavy atom. The second kappa shape index (κ2) is 10.7. The molecule has 1 unspecified atom stereocenters. The molecule has 1 aliphatic carbocycles. The first kappa shape index (κ1) is 21.0. The third-order valence-corrected chi connectivity index (χ3v) is 5.09. The van der Waals surface area contributed by atoms with Gasteiger partial charge in [-0.25, -0.2) is 0 Å². The number of hydrogen-bond acceptors (Lipinski definition) is 4. The zero-order chi connectivity index (χ0) is 20.5. The van der Waals surface area contributed by atoms with Crippen LogP contribution in [0.5, 0.6) is 11.5 Å². The Labute approximate surface area is 173 Å². The van der Waals surface area contributed by atoms with Gasteiger partial charge < -0.3 is 14.2 Å². The van der Waals surface area contributed by atoms with E-state index < -0.39 is 0 Å². The largest absolute Gasteiger partial charge is 0.493 e. The van der Waals surface area contributed by atoms with Gasteiger partial charge in [-0.2, -0.15) is 0 Å². The molecule has 0 aliphatic heterocycles. The summed E-state index contributed by atoms with van der Waals surface area (Å²) in [5.74, 6) is 7.69. The van der Waals surface area contributed by atoms with Crippen LogP contribution in [0.2, 0.25) is 0 Å². The van der Waals surface area contributed by atoms with Crippen molar-refractivity contribution in [3.63, 3.8) is 0 Å². The van der Waals surface area contributed by atoms with Crippen LogP contribution in [0, 0.1) is 11.8 Å². The second-order valence-corrected chi connectivity index (χ2v) is 7.30. The molecule has 0 spiro atoms. The summed E-state index contributed by atoms with van der Waals surface area (Å²) < 4.78 is 16.7. The molecule has 0 saturated heterocycles. The van der Waals surface area contributed by atoms with E-state index in [1.54, 1.807) is 7.11 Å². The van der Waals surface area contributed by atoms with E-state index in [1.165, 1.54) is 20.0 Å². The number of benzene rings is 2. The van der Waals surface area contributed by atoms with Crippen LogP contribution in [0.3, 0.4) is 0 Å². The van der Waals surface area contributed by atoms with Crippen LogP contribution in [0.15, 0.2) is 48.5 Å². The number of rotatable bonds is 8. The van der Waals surface area contributed by atoms with Crippen molar-refractivity contribution in [2.75, 3.05) is 20.8 Å². The highest BCUT2D eigenvalue weighted by atomic mass is 16.5. The minimum Gasteiger partial charge on any atom is -0.493 e. The van der Waals surface area contributed by atoms with E-state index in [0.717, 1.165) is 29.7 Å². The molecule has 1 saturated carbocycles. The van der Waals surface area contributed by atoms with Crippen LogP contribution in [-0.2, 0) is 9.53 Å². The van der Waals surface area contributed by atoms with Gasteiger partial charge in [0.1, 0.15) is 6.61 Å². The molecule has 1 fully saturated rings. The van der Waals surface area contributed by atoms with Crippen LogP contribution in [0.1, 0.15) is 49.1 Å². The number of carbonyl (C=O) groups is 1. The topological polar surface area (TPSA) is 44.8 Å². The van der Waals surface area contributed by atoms with Gasteiger partial charge in [-0.1, -0.05) is 36.1 Å². The molecule has 1 aliphatic rings. The summed E-state index contributed by atoms with van der Waals surface area (Å²) in [4.78, 5) is 12.3. The lowest BCUT2D eigenvalue weighted by atomic mass is 9.93. The molecule has 0 radical (unpaired) electrons. The van der Waals surface area contributed by atoms with Crippen molar-refractivity contribution in [3.05, 3.63) is 59.7 Å². The maximum Gasteiger partial charge on any atom is 0.161 e. The number of methoxy groups -OCH3 is 2. The van der Waals surface area contributed by atoms with E-state index in [2.05, 4.69) is 11.8 Å². The van der Waals surface area contributed by atoms with Gasteiger partial charge in [-0.3, -0.25) is 4.79 Å². The highest BCUT2D eigenvalue weighted by Crippen LogP contribution is 2.35. The molecule has 3 rings (SSSR count). The number of ether oxygens (including phenoxy) is 3. The summed E-state index contributed by atoms with van der Waals surface area (Å²) in [5.41, 5.74) is 1.87. The number of carbonyl (C=O) groups excluding carboxylic acids is 1. The first-order valence-corrected chi connectivity index (χ1v) is 10.1. The summed E-state index contributed by atoms with van der Waals surface area (Å²) in [7, 11) is 3.18. The Morgan fingerprint density at radius 3 is 2.52 bits per heavy atom. The van der Waals surface area contributed by atoms with E-state index in [-0.39, 0.29) is 24.4 Å². The van der Waals surface area contributed by atoms with Crippen molar-refractivity contribution >= 4 is 5.78 Å². The van der Waals surface area contributed by atoms with Crippen molar-refractivity contribution in [1.82, 2.24) is 0 Å². The number of ketones is 1. The van der Waals surface area contributed by atoms with Gasteiger partial charge in [-0.15, -0.1) is 0 Å². The third-order valence-electron chi connectivity index (χ3n) is 5.09. The van der Waals surface area contributed by atoms with Gasteiger partial charge in [0.15, 0.2) is 17.3 Å². The van der Waals surface area contributed by atoms with Gasteiger partial charge in [-0.05, 0) is 55.5 Å². The first-order valence-electron chi connectivity index (χ1n) is 10.1. The zero-order valence-electron chi connectivity index (χ0n) is 17.1. The third kappa shape index (κ3) is 6.10. The summed E-state index contributed by atoms with van der Waals surface area (Å²) in [6.45, 7) is 0.0884. The molecule has 2 aromatic rings. The predicted molar refractivity (Wildman–Crippen MR) is 113 cm³/mol. The molecule has 0 bridgehead atoms. The smallest absolute Gasteiger partial charge is 0.161 e. The fourth-order valence-electron chi connectivity index (χ4n) is 3.58. The van der Waals surface area contributed by atoms with Crippen LogP contribution < -0.4 is 9.47 Å². The van der Waals surface area contributed by atoms with Gasteiger partial charge in [0.05, 0.1) is 19.1 Å². The average molecular weight is 392 g/mol. The summed E-state index contributed by atoms with van der Waals surface area (Å²) >= 11 is 0. The lowest BCUT2D eigenvalue weighted by molar-refractivity contribution is -0.122. The molecule has 0 heterocycles. The van der Waals surface area contributed by atoms with E-state index in [4.69, 9.17) is 14.2 Å². The number of hydrogen-bond donors (Lipinski definition) is 0. The standard InChI is InChI=1S/C25H28O4/c1-27-18-22(26)16-20(13-12-19-8-4-3-5-9-19)21-14-15-24(28-2)25(17-21)29-23-10-6-7-11-23/h3-5,8-9,14-15,17,20,23H,6-7,10-11,16,18H2,1-2H3. The van der Waals surface area contributed by atoms with Gasteiger partial charge in [0.2, 0.25) is 0 Å². The lowest BCUT2D eigenvalue weighted by Crippen LogP contribution is -2.13. The first-order chi connectivity index (χ1) is 14.2. The molecule has 4 heteroatoms. The SMILES string of the molecule is COCC(=O)CC(C#Cc1ccccc1)c1ccc(OC)c(OC2CCCC2)c1. The van der Waals surface area contributed by atoms with E-state index in [0.29, 0.717) is 12.2 Å². The van der Waals surface area contributed by atoms with Crippen LogP contribution >= 0.6 is 0 Å². The fourth-order valence-corrected chi connectivity index (χ4v) is 3.58. The van der Waals surface area contributed by atoms with Crippen molar-refractivity contribution in [2.24, 2.45) is 0 Å². The average Bonchev–Trinajstić information content (AvgIpc) is 3.25. The summed E-state index contributed by atoms with van der Waals surface area (Å²) in [5, 5.41) is 0. The molecular formula is C25H28O4. The minimum atomic E-state index is -0.241. The van der Waals surface area contributed by atoms with Crippen LogP contribution in [0.25, 0.3) is 0 Å². The molecule has 1 atom stereocenters. The highest BCUT2D eigenvalue weighted by Gasteiger charge is 2.21. The molecule has 0 amide bonds. The Kier molecular flexibility index (Phi) is 7.72. The Balaban J connectivity index is 1.89. The normalized spacial score (nSPS) is 14.7. The van der Waals surface area contributed by atoms with Gasteiger partial charge >= 0.3 is 0 Å². The zero-order valence-corrected chi connectivity index (χ0v) is 17.1. The molecular weight excluding hydrogens is 364 g/mol. The molecule has 0 N–H and O–H groups in total. The highest BCUT2D eigenvalue weighted by molar-refractivity contribution is 5.81. The van der Waals surface area contributed by atoms with Crippen molar-refractivity contribution in [2.45, 2.75) is 44.1 Å². The quantitative estimate of drug-likeness (QED) is 0.608. The monoisotopic (exact) mass is 392 g/mol. The van der Waals surface area contributed by atoms with Crippen molar-refractivity contribution < 1.29 is 19.0 Å². The van der Waals surface area contributed by atoms with E-state index >= 15 is 0 Å². The van der Waals surface area contributed by atoms with Crippen molar-refractivity contribution in [3.8, 4) is 23.3 Å². The van der Waals surface area contributed by atoms with Gasteiger partial charge in [0.25, 0.3) is 0 Å². The Bertz CT molecular complexity index is 857. The minimum absolute atomic E-state index is 0.0222. The maximum absolute atomic E-state index is 12.3. The molecule has 2 aromatic carbocycles. The molecule has 4 nitrogen and oxygen atoms in total. The Hall–Kier alpha value is -2.77. The maximum atomic E-state index is 12.3. The van der Waals surface area contributed by atoms with Crippen LogP contribution in [0.4, 0.5) is 0 Å².